The number of aliphatic hydroxyl groups is 1. The van der Waals surface area contributed by atoms with E-state index in [-0.39, 0.29) is 10.6 Å². The number of rotatable bonds is 4. The average Bonchev–Trinajstić information content (AvgIpc) is 2.24. The number of amides is 1. The molecule has 1 amide bonds. The number of hydrogen-bond donors (Lipinski definition) is 3. The number of hydrogen-bond acceptors (Lipinski definition) is 3. The molecule has 1 rings (SSSR count). The molecule has 0 unspecified atom stereocenters. The molecule has 0 bridgehead atoms. The van der Waals surface area contributed by atoms with Gasteiger partial charge in [0.1, 0.15) is 5.82 Å². The summed E-state index contributed by atoms with van der Waals surface area (Å²) in [5, 5.41) is 19.2. The van der Waals surface area contributed by atoms with E-state index in [1.54, 1.807) is 0 Å². The van der Waals surface area contributed by atoms with Gasteiger partial charge >= 0.3 is 5.97 Å². The minimum absolute atomic E-state index is 0.0623. The Hall–Kier alpha value is -1.66. The summed E-state index contributed by atoms with van der Waals surface area (Å²) in [5.74, 6) is -2.78. The number of benzene rings is 1. The molecule has 0 aliphatic rings. The van der Waals surface area contributed by atoms with Crippen LogP contribution in [0.3, 0.4) is 0 Å². The molecule has 17 heavy (non-hydrogen) atoms. The van der Waals surface area contributed by atoms with Gasteiger partial charge in [-0.25, -0.2) is 9.18 Å². The molecule has 3 N–H and O–H groups in total. The number of carbonyl (C=O) groups excluding carboxylic acids is 1. The molecule has 1 atom stereocenters. The van der Waals surface area contributed by atoms with E-state index < -0.39 is 30.3 Å². The number of halogens is 2. The summed E-state index contributed by atoms with van der Waals surface area (Å²) >= 11 is 5.62. The highest BCUT2D eigenvalue weighted by Crippen LogP contribution is 2.17. The fourth-order valence-corrected chi connectivity index (χ4v) is 1.35. The third kappa shape index (κ3) is 3.40. The highest BCUT2D eigenvalue weighted by atomic mass is 35.5. The van der Waals surface area contributed by atoms with Crippen LogP contribution in [-0.2, 0) is 4.79 Å². The first-order chi connectivity index (χ1) is 7.95. The Kier molecular flexibility index (Phi) is 4.42. The van der Waals surface area contributed by atoms with Crippen LogP contribution in [0, 0.1) is 5.82 Å². The highest BCUT2D eigenvalue weighted by Gasteiger charge is 2.20. The second-order valence-electron chi connectivity index (χ2n) is 3.17. The van der Waals surface area contributed by atoms with Crippen molar-refractivity contribution in [1.29, 1.82) is 0 Å². The summed E-state index contributed by atoms with van der Waals surface area (Å²) in [6.45, 7) is -0.750. The molecule has 0 aliphatic carbocycles. The molecular weight excluding hydrogens is 253 g/mol. The van der Waals surface area contributed by atoms with E-state index in [1.165, 1.54) is 0 Å². The normalized spacial score (nSPS) is 11.9. The molecule has 0 saturated carbocycles. The third-order valence-electron chi connectivity index (χ3n) is 1.96. The zero-order valence-electron chi connectivity index (χ0n) is 8.48. The molecule has 0 saturated heterocycles. The summed E-state index contributed by atoms with van der Waals surface area (Å²) in [7, 11) is 0. The number of carboxylic acid groups (broad SMARTS) is 1. The van der Waals surface area contributed by atoms with Crippen LogP contribution in [0.5, 0.6) is 0 Å². The maximum absolute atomic E-state index is 12.7. The van der Waals surface area contributed by atoms with Crippen LogP contribution >= 0.6 is 11.6 Å². The van der Waals surface area contributed by atoms with Crippen molar-refractivity contribution in [1.82, 2.24) is 5.32 Å². The van der Waals surface area contributed by atoms with Gasteiger partial charge in [0.05, 0.1) is 17.2 Å². The van der Waals surface area contributed by atoms with Gasteiger partial charge < -0.3 is 15.5 Å². The molecule has 92 valence electrons. The quantitative estimate of drug-likeness (QED) is 0.743. The standard InChI is InChI=1S/C10H9ClFNO4/c11-7-3-5(12)1-2-6(7)9(15)13-8(4-14)10(16)17/h1-3,8,14H,4H2,(H,13,15)(H,16,17)/t8-/m1/s1. The van der Waals surface area contributed by atoms with Gasteiger partial charge in [-0.05, 0) is 18.2 Å². The van der Waals surface area contributed by atoms with Crippen molar-refractivity contribution in [2.24, 2.45) is 0 Å². The van der Waals surface area contributed by atoms with Gasteiger partial charge in [-0.1, -0.05) is 11.6 Å². The molecule has 0 spiro atoms. The first-order valence-corrected chi connectivity index (χ1v) is 4.93. The lowest BCUT2D eigenvalue weighted by Gasteiger charge is -2.12. The van der Waals surface area contributed by atoms with Crippen molar-refractivity contribution in [2.45, 2.75) is 6.04 Å². The number of carboxylic acids is 1. The summed E-state index contributed by atoms with van der Waals surface area (Å²) in [4.78, 5) is 22.1. The van der Waals surface area contributed by atoms with E-state index >= 15 is 0 Å². The Balaban J connectivity index is 2.86. The SMILES string of the molecule is O=C(N[C@H](CO)C(=O)O)c1ccc(F)cc1Cl. The van der Waals surface area contributed by atoms with Crippen molar-refractivity contribution in [3.8, 4) is 0 Å². The van der Waals surface area contributed by atoms with Crippen LogP contribution in [0.2, 0.25) is 5.02 Å². The van der Waals surface area contributed by atoms with Gasteiger partial charge in [0.25, 0.3) is 5.91 Å². The fraction of sp³-hybridized carbons (Fsp3) is 0.200. The number of nitrogens with one attached hydrogen (secondary N) is 1. The van der Waals surface area contributed by atoms with Crippen LogP contribution in [-0.4, -0.2) is 34.7 Å². The zero-order valence-corrected chi connectivity index (χ0v) is 9.24. The van der Waals surface area contributed by atoms with E-state index in [9.17, 15) is 14.0 Å². The van der Waals surface area contributed by atoms with E-state index in [4.69, 9.17) is 21.8 Å². The second kappa shape index (κ2) is 5.60. The fourth-order valence-electron chi connectivity index (χ4n) is 1.10. The Morgan fingerprint density at radius 3 is 2.59 bits per heavy atom. The third-order valence-corrected chi connectivity index (χ3v) is 2.27. The van der Waals surface area contributed by atoms with Gasteiger partial charge in [-0.3, -0.25) is 4.79 Å². The predicted molar refractivity (Wildman–Crippen MR) is 57.4 cm³/mol. The van der Waals surface area contributed by atoms with Gasteiger partial charge in [0, 0.05) is 0 Å². The predicted octanol–water partition coefficient (Wildman–Crippen LogP) is 0.654. The van der Waals surface area contributed by atoms with Crippen LogP contribution in [0.4, 0.5) is 4.39 Å². The van der Waals surface area contributed by atoms with Crippen molar-refractivity contribution in [3.05, 3.63) is 34.6 Å². The number of aliphatic carboxylic acids is 1. The summed E-state index contributed by atoms with van der Waals surface area (Å²) in [5.41, 5.74) is -0.0623. The Morgan fingerprint density at radius 1 is 1.47 bits per heavy atom. The van der Waals surface area contributed by atoms with Crippen molar-refractivity contribution < 1.29 is 24.2 Å². The summed E-state index contributed by atoms with van der Waals surface area (Å²) in [6.07, 6.45) is 0. The van der Waals surface area contributed by atoms with Gasteiger partial charge in [0.2, 0.25) is 0 Å². The van der Waals surface area contributed by atoms with Crippen LogP contribution in [0.15, 0.2) is 18.2 Å². The summed E-state index contributed by atoms with van der Waals surface area (Å²) < 4.78 is 12.7. The molecule has 0 aromatic heterocycles. The molecule has 0 heterocycles. The molecule has 0 fully saturated rings. The minimum Gasteiger partial charge on any atom is -0.480 e. The van der Waals surface area contributed by atoms with Crippen molar-refractivity contribution in [2.75, 3.05) is 6.61 Å². The molecule has 5 nitrogen and oxygen atoms in total. The molecular formula is C10H9ClFNO4. The van der Waals surface area contributed by atoms with Gasteiger partial charge in [-0.15, -0.1) is 0 Å². The molecule has 1 aromatic carbocycles. The maximum Gasteiger partial charge on any atom is 0.328 e. The summed E-state index contributed by atoms with van der Waals surface area (Å²) in [6, 6.07) is 1.66. The molecule has 0 radical (unpaired) electrons. The molecule has 7 heteroatoms. The van der Waals surface area contributed by atoms with Crippen molar-refractivity contribution >= 4 is 23.5 Å². The van der Waals surface area contributed by atoms with Crippen LogP contribution < -0.4 is 5.32 Å². The monoisotopic (exact) mass is 261 g/mol. The molecule has 1 aromatic rings. The first kappa shape index (κ1) is 13.4. The lowest BCUT2D eigenvalue weighted by Crippen LogP contribution is -2.43. The Bertz CT molecular complexity index is 452. The smallest absolute Gasteiger partial charge is 0.328 e. The zero-order chi connectivity index (χ0) is 13.0. The molecule has 0 aliphatic heterocycles. The topological polar surface area (TPSA) is 86.6 Å². The Morgan fingerprint density at radius 2 is 2.12 bits per heavy atom. The van der Waals surface area contributed by atoms with Crippen LogP contribution in [0.25, 0.3) is 0 Å². The van der Waals surface area contributed by atoms with E-state index in [0.717, 1.165) is 18.2 Å². The van der Waals surface area contributed by atoms with E-state index in [1.807, 2.05) is 5.32 Å². The van der Waals surface area contributed by atoms with Gasteiger partial charge in [-0.2, -0.15) is 0 Å². The number of aliphatic hydroxyl groups excluding tert-OH is 1. The largest absolute Gasteiger partial charge is 0.480 e. The van der Waals surface area contributed by atoms with Crippen LogP contribution in [0.1, 0.15) is 10.4 Å². The Labute approximate surface area is 101 Å². The maximum atomic E-state index is 12.7. The first-order valence-electron chi connectivity index (χ1n) is 4.55. The lowest BCUT2D eigenvalue weighted by atomic mass is 10.2. The highest BCUT2D eigenvalue weighted by molar-refractivity contribution is 6.33. The van der Waals surface area contributed by atoms with E-state index in [2.05, 4.69) is 0 Å². The van der Waals surface area contributed by atoms with Gasteiger partial charge in [0.15, 0.2) is 6.04 Å². The second-order valence-corrected chi connectivity index (χ2v) is 3.58. The minimum atomic E-state index is -1.43. The lowest BCUT2D eigenvalue weighted by molar-refractivity contribution is -0.140. The number of carbonyl (C=O) groups is 2. The van der Waals surface area contributed by atoms with E-state index in [0.29, 0.717) is 0 Å². The average molecular weight is 262 g/mol. The van der Waals surface area contributed by atoms with Crippen molar-refractivity contribution in [3.63, 3.8) is 0 Å².